The third-order valence-electron chi connectivity index (χ3n) is 2.30. The molecule has 8 heteroatoms. The molecule has 2 amide bonds. The second-order valence-corrected chi connectivity index (χ2v) is 4.78. The van der Waals surface area contributed by atoms with Crippen LogP contribution in [-0.4, -0.2) is 22.6 Å². The molecule has 0 spiro atoms. The third kappa shape index (κ3) is 4.45. The van der Waals surface area contributed by atoms with E-state index in [1.807, 2.05) is 5.32 Å². The van der Waals surface area contributed by atoms with Crippen molar-refractivity contribution in [2.24, 2.45) is 0 Å². The monoisotopic (exact) mass is 290 g/mol. The highest BCUT2D eigenvalue weighted by Gasteiger charge is 2.24. The van der Waals surface area contributed by atoms with Crippen LogP contribution in [0.15, 0.2) is 12.1 Å². The summed E-state index contributed by atoms with van der Waals surface area (Å²) in [7, 11) is 0. The lowest BCUT2D eigenvalue weighted by atomic mass is 10.0. The standard InChI is InChI=1S/C12H13F3N2O3/c1-12(2,5-10(18)19)17-11(20)16-9-4-7(14)6(13)3-8(9)15/h3-4H,5H2,1-2H3,(H,18,19)(H2,16,17,20). The van der Waals surface area contributed by atoms with Crippen molar-refractivity contribution < 1.29 is 27.9 Å². The van der Waals surface area contributed by atoms with E-state index in [1.165, 1.54) is 13.8 Å². The number of nitrogens with one attached hydrogen (secondary N) is 2. The van der Waals surface area contributed by atoms with E-state index in [2.05, 4.69) is 5.32 Å². The number of amides is 2. The van der Waals surface area contributed by atoms with Gasteiger partial charge in [0.2, 0.25) is 0 Å². The van der Waals surface area contributed by atoms with E-state index < -0.39 is 40.7 Å². The summed E-state index contributed by atoms with van der Waals surface area (Å²) >= 11 is 0. The molecule has 110 valence electrons. The largest absolute Gasteiger partial charge is 0.481 e. The molecule has 1 rings (SSSR count). The van der Waals surface area contributed by atoms with Crippen molar-refractivity contribution in [2.75, 3.05) is 5.32 Å². The highest BCUT2D eigenvalue weighted by molar-refractivity contribution is 5.90. The topological polar surface area (TPSA) is 78.4 Å². The summed E-state index contributed by atoms with van der Waals surface area (Å²) in [5, 5.41) is 12.9. The van der Waals surface area contributed by atoms with E-state index in [-0.39, 0.29) is 6.42 Å². The summed E-state index contributed by atoms with van der Waals surface area (Å²) in [6, 6.07) is -0.136. The molecule has 5 nitrogen and oxygen atoms in total. The summed E-state index contributed by atoms with van der Waals surface area (Å²) in [6.07, 6.45) is -0.360. The average molecular weight is 290 g/mol. The molecular formula is C12H13F3N2O3. The van der Waals surface area contributed by atoms with Crippen LogP contribution in [-0.2, 0) is 4.79 Å². The van der Waals surface area contributed by atoms with Crippen LogP contribution in [0.25, 0.3) is 0 Å². The van der Waals surface area contributed by atoms with Crippen molar-refractivity contribution in [1.82, 2.24) is 5.32 Å². The lowest BCUT2D eigenvalue weighted by molar-refractivity contribution is -0.138. The Balaban J connectivity index is 2.77. The molecule has 0 aliphatic carbocycles. The van der Waals surface area contributed by atoms with Crippen LogP contribution in [0.2, 0.25) is 0 Å². The lowest BCUT2D eigenvalue weighted by Crippen LogP contribution is -2.47. The second kappa shape index (κ2) is 5.81. The lowest BCUT2D eigenvalue weighted by Gasteiger charge is -2.24. The first kappa shape index (κ1) is 15.8. The van der Waals surface area contributed by atoms with E-state index in [1.54, 1.807) is 0 Å². The molecule has 0 unspecified atom stereocenters. The van der Waals surface area contributed by atoms with Gasteiger partial charge in [0.05, 0.1) is 12.1 Å². The highest BCUT2D eigenvalue weighted by Crippen LogP contribution is 2.18. The predicted octanol–water partition coefficient (Wildman–Crippen LogP) is 2.48. The Labute approximate surface area is 112 Å². The predicted molar refractivity (Wildman–Crippen MR) is 64.8 cm³/mol. The summed E-state index contributed by atoms with van der Waals surface area (Å²) in [5.41, 5.74) is -1.64. The van der Waals surface area contributed by atoms with Gasteiger partial charge in [-0.3, -0.25) is 4.79 Å². The molecule has 0 radical (unpaired) electrons. The van der Waals surface area contributed by atoms with Crippen LogP contribution < -0.4 is 10.6 Å². The van der Waals surface area contributed by atoms with Crippen molar-refractivity contribution in [3.8, 4) is 0 Å². The molecule has 0 aliphatic rings. The maximum absolute atomic E-state index is 13.3. The second-order valence-electron chi connectivity index (χ2n) is 4.78. The fraction of sp³-hybridized carbons (Fsp3) is 0.333. The van der Waals surface area contributed by atoms with Gasteiger partial charge in [0.15, 0.2) is 11.6 Å². The number of carboxylic acids is 1. The molecule has 0 saturated carbocycles. The van der Waals surface area contributed by atoms with E-state index >= 15 is 0 Å². The number of benzene rings is 1. The molecule has 0 aromatic heterocycles. The molecule has 1 aromatic rings. The zero-order chi connectivity index (χ0) is 15.5. The Kier molecular flexibility index (Phi) is 4.59. The normalized spacial score (nSPS) is 11.1. The molecule has 1 aromatic carbocycles. The van der Waals surface area contributed by atoms with E-state index in [0.29, 0.717) is 12.1 Å². The van der Waals surface area contributed by atoms with Crippen LogP contribution in [0.5, 0.6) is 0 Å². The summed E-state index contributed by atoms with van der Waals surface area (Å²) in [4.78, 5) is 22.1. The molecule has 0 saturated heterocycles. The van der Waals surface area contributed by atoms with Gasteiger partial charge in [0.25, 0.3) is 0 Å². The number of carbonyl (C=O) groups excluding carboxylic acids is 1. The molecule has 0 heterocycles. The van der Waals surface area contributed by atoms with Gasteiger partial charge in [-0.15, -0.1) is 0 Å². The van der Waals surface area contributed by atoms with Crippen molar-refractivity contribution >= 4 is 17.7 Å². The van der Waals surface area contributed by atoms with Gasteiger partial charge in [-0.2, -0.15) is 0 Å². The number of carbonyl (C=O) groups is 2. The molecular weight excluding hydrogens is 277 g/mol. The van der Waals surface area contributed by atoms with E-state index in [0.717, 1.165) is 0 Å². The number of hydrogen-bond acceptors (Lipinski definition) is 2. The van der Waals surface area contributed by atoms with Gasteiger partial charge in [-0.05, 0) is 13.8 Å². The maximum Gasteiger partial charge on any atom is 0.319 e. The zero-order valence-electron chi connectivity index (χ0n) is 10.8. The zero-order valence-corrected chi connectivity index (χ0v) is 10.8. The minimum Gasteiger partial charge on any atom is -0.481 e. The van der Waals surface area contributed by atoms with Gasteiger partial charge >= 0.3 is 12.0 Å². The Morgan fingerprint density at radius 2 is 1.70 bits per heavy atom. The third-order valence-corrected chi connectivity index (χ3v) is 2.30. The maximum atomic E-state index is 13.3. The van der Waals surface area contributed by atoms with Crippen LogP contribution in [0, 0.1) is 17.5 Å². The Morgan fingerprint density at radius 3 is 2.25 bits per heavy atom. The quantitative estimate of drug-likeness (QED) is 0.745. The smallest absolute Gasteiger partial charge is 0.319 e. The minimum absolute atomic E-state index is 0.299. The van der Waals surface area contributed by atoms with Crippen LogP contribution in [0.3, 0.4) is 0 Å². The van der Waals surface area contributed by atoms with Gasteiger partial charge in [0.1, 0.15) is 5.82 Å². The van der Waals surface area contributed by atoms with Crippen molar-refractivity contribution in [1.29, 1.82) is 0 Å². The van der Waals surface area contributed by atoms with Crippen LogP contribution in [0.4, 0.5) is 23.7 Å². The minimum atomic E-state index is -1.38. The number of rotatable bonds is 4. The van der Waals surface area contributed by atoms with Crippen LogP contribution >= 0.6 is 0 Å². The SMILES string of the molecule is CC(C)(CC(=O)O)NC(=O)Nc1cc(F)c(F)cc1F. The van der Waals surface area contributed by atoms with Gasteiger partial charge < -0.3 is 15.7 Å². The van der Waals surface area contributed by atoms with Crippen molar-refractivity contribution in [3.05, 3.63) is 29.6 Å². The highest BCUT2D eigenvalue weighted by atomic mass is 19.2. The molecule has 0 bridgehead atoms. The fourth-order valence-corrected chi connectivity index (χ4v) is 1.50. The first-order chi connectivity index (χ1) is 9.10. The molecule has 20 heavy (non-hydrogen) atoms. The molecule has 3 N–H and O–H groups in total. The molecule has 0 aliphatic heterocycles. The van der Waals surface area contributed by atoms with Gasteiger partial charge in [-0.1, -0.05) is 0 Å². The first-order valence-electron chi connectivity index (χ1n) is 5.56. The average Bonchev–Trinajstić information content (AvgIpc) is 2.22. The number of halogens is 3. The molecule has 0 atom stereocenters. The van der Waals surface area contributed by atoms with Crippen molar-refractivity contribution in [3.63, 3.8) is 0 Å². The summed E-state index contributed by atoms with van der Waals surface area (Å²) in [6.45, 7) is 2.89. The van der Waals surface area contributed by atoms with Crippen LogP contribution in [0.1, 0.15) is 20.3 Å². The number of hydrogen-bond donors (Lipinski definition) is 3. The fourth-order valence-electron chi connectivity index (χ4n) is 1.50. The number of anilines is 1. The summed E-state index contributed by atoms with van der Waals surface area (Å²) < 4.78 is 38.9. The first-order valence-corrected chi connectivity index (χ1v) is 5.56. The summed E-state index contributed by atoms with van der Waals surface area (Å²) in [5.74, 6) is -4.96. The molecule has 0 fully saturated rings. The number of aliphatic carboxylic acids is 1. The van der Waals surface area contributed by atoms with E-state index in [4.69, 9.17) is 5.11 Å². The van der Waals surface area contributed by atoms with Crippen molar-refractivity contribution in [2.45, 2.75) is 25.8 Å². The Morgan fingerprint density at radius 1 is 1.15 bits per heavy atom. The Hall–Kier alpha value is -2.25. The number of carboxylic acid groups (broad SMARTS) is 1. The number of urea groups is 1. The van der Waals surface area contributed by atoms with Gasteiger partial charge in [-0.25, -0.2) is 18.0 Å². The van der Waals surface area contributed by atoms with Gasteiger partial charge in [0, 0.05) is 17.7 Å². The van der Waals surface area contributed by atoms with E-state index in [9.17, 15) is 22.8 Å². The Bertz CT molecular complexity index is 547.